The van der Waals surface area contributed by atoms with Gasteiger partial charge in [0.1, 0.15) is 0 Å². The zero-order valence-corrected chi connectivity index (χ0v) is 10.8. The van der Waals surface area contributed by atoms with Gasteiger partial charge in [-0.3, -0.25) is 4.79 Å². The second-order valence-electron chi connectivity index (χ2n) is 4.82. The monoisotopic (exact) mass is 237 g/mol. The van der Waals surface area contributed by atoms with Gasteiger partial charge in [0.2, 0.25) is 0 Å². The second-order valence-corrected chi connectivity index (χ2v) is 5.91. The normalized spacial score (nSPS) is 25.4. The highest BCUT2D eigenvalue weighted by atomic mass is 32.1. The molecule has 88 valence electrons. The first-order valence-corrected chi connectivity index (χ1v) is 6.80. The lowest BCUT2D eigenvalue weighted by Crippen LogP contribution is -2.34. The van der Waals surface area contributed by atoms with E-state index in [0.717, 1.165) is 17.1 Å². The number of thiophene rings is 1. The highest BCUT2D eigenvalue weighted by molar-refractivity contribution is 7.17. The highest BCUT2D eigenvalue weighted by Crippen LogP contribution is 2.32. The maximum absolute atomic E-state index is 10.7. The van der Waals surface area contributed by atoms with Crippen LogP contribution in [0.1, 0.15) is 42.3 Å². The fourth-order valence-corrected chi connectivity index (χ4v) is 3.26. The molecule has 1 aliphatic rings. The summed E-state index contributed by atoms with van der Waals surface area (Å²) in [6.07, 6.45) is 6.17. The minimum absolute atomic E-state index is 0.661. The molecule has 0 saturated heterocycles. The molecule has 0 amide bonds. The van der Waals surface area contributed by atoms with Gasteiger partial charge >= 0.3 is 0 Å². The van der Waals surface area contributed by atoms with Crippen molar-refractivity contribution >= 4 is 22.6 Å². The standard InChI is InChI=1S/C13H19NOS/c1-10-3-5-11(6-4-10)14(2)13-8-7-12(9-15)16-13/h7-11H,3-6H2,1-2H3. The summed E-state index contributed by atoms with van der Waals surface area (Å²) in [7, 11) is 2.15. The summed E-state index contributed by atoms with van der Waals surface area (Å²) < 4.78 is 0. The molecule has 0 bridgehead atoms. The molecule has 16 heavy (non-hydrogen) atoms. The molecule has 3 heteroatoms. The largest absolute Gasteiger partial charge is 0.364 e. The smallest absolute Gasteiger partial charge is 0.160 e. The first kappa shape index (κ1) is 11.6. The van der Waals surface area contributed by atoms with Crippen LogP contribution in [0.2, 0.25) is 0 Å². The number of carbonyl (C=O) groups excluding carboxylic acids is 1. The molecule has 2 nitrogen and oxygen atoms in total. The van der Waals surface area contributed by atoms with Gasteiger partial charge in [-0.05, 0) is 43.7 Å². The summed E-state index contributed by atoms with van der Waals surface area (Å²) >= 11 is 1.59. The summed E-state index contributed by atoms with van der Waals surface area (Å²) in [6, 6.07) is 4.64. The van der Waals surface area contributed by atoms with E-state index in [9.17, 15) is 4.79 Å². The van der Waals surface area contributed by atoms with Crippen LogP contribution in [0.15, 0.2) is 12.1 Å². The van der Waals surface area contributed by atoms with Gasteiger partial charge in [0.25, 0.3) is 0 Å². The Hall–Kier alpha value is -0.830. The van der Waals surface area contributed by atoms with E-state index in [1.54, 1.807) is 11.3 Å². The van der Waals surface area contributed by atoms with Gasteiger partial charge < -0.3 is 4.90 Å². The van der Waals surface area contributed by atoms with E-state index in [2.05, 4.69) is 24.9 Å². The SMILES string of the molecule is CC1CCC(N(C)c2ccc(C=O)s2)CC1. The zero-order valence-electron chi connectivity index (χ0n) is 9.98. The predicted molar refractivity (Wildman–Crippen MR) is 69.5 cm³/mol. The van der Waals surface area contributed by atoms with Gasteiger partial charge in [-0.25, -0.2) is 0 Å². The van der Waals surface area contributed by atoms with Crippen molar-refractivity contribution in [1.82, 2.24) is 0 Å². The van der Waals surface area contributed by atoms with Crippen LogP contribution in [0, 0.1) is 5.92 Å². The molecule has 1 fully saturated rings. The second kappa shape index (κ2) is 5.00. The van der Waals surface area contributed by atoms with Crippen molar-refractivity contribution in [2.45, 2.75) is 38.6 Å². The van der Waals surface area contributed by atoms with Crippen molar-refractivity contribution in [1.29, 1.82) is 0 Å². The van der Waals surface area contributed by atoms with Crippen LogP contribution in [-0.4, -0.2) is 19.4 Å². The number of aldehydes is 1. The Morgan fingerprint density at radius 1 is 1.31 bits per heavy atom. The molecule has 1 saturated carbocycles. The van der Waals surface area contributed by atoms with E-state index in [1.807, 2.05) is 6.07 Å². The molecule has 0 spiro atoms. The Morgan fingerprint density at radius 2 is 2.00 bits per heavy atom. The van der Waals surface area contributed by atoms with Crippen LogP contribution >= 0.6 is 11.3 Å². The van der Waals surface area contributed by atoms with Crippen molar-refractivity contribution in [2.75, 3.05) is 11.9 Å². The van der Waals surface area contributed by atoms with E-state index in [0.29, 0.717) is 6.04 Å². The number of nitrogens with zero attached hydrogens (tertiary/aromatic N) is 1. The lowest BCUT2D eigenvalue weighted by atomic mass is 9.87. The molecule has 1 aromatic rings. The minimum Gasteiger partial charge on any atom is -0.364 e. The number of hydrogen-bond acceptors (Lipinski definition) is 3. The fraction of sp³-hybridized carbons (Fsp3) is 0.615. The van der Waals surface area contributed by atoms with Gasteiger partial charge in [-0.1, -0.05) is 6.92 Å². The van der Waals surface area contributed by atoms with Crippen molar-refractivity contribution < 1.29 is 4.79 Å². The molecule has 0 aliphatic heterocycles. The predicted octanol–water partition coefficient (Wildman–Crippen LogP) is 3.58. The number of rotatable bonds is 3. The van der Waals surface area contributed by atoms with Crippen molar-refractivity contribution in [3.8, 4) is 0 Å². The third-order valence-electron chi connectivity index (χ3n) is 3.61. The first-order valence-electron chi connectivity index (χ1n) is 5.98. The maximum Gasteiger partial charge on any atom is 0.160 e. The van der Waals surface area contributed by atoms with Crippen LogP contribution in [0.3, 0.4) is 0 Å². The summed E-state index contributed by atoms with van der Waals surface area (Å²) in [5.74, 6) is 0.888. The molecular weight excluding hydrogens is 218 g/mol. The van der Waals surface area contributed by atoms with Crippen molar-refractivity contribution in [3.05, 3.63) is 17.0 Å². The minimum atomic E-state index is 0.661. The Morgan fingerprint density at radius 3 is 2.56 bits per heavy atom. The van der Waals surface area contributed by atoms with Crippen molar-refractivity contribution in [2.24, 2.45) is 5.92 Å². The van der Waals surface area contributed by atoms with E-state index in [-0.39, 0.29) is 0 Å². The molecule has 1 aromatic heterocycles. The van der Waals surface area contributed by atoms with Gasteiger partial charge in [0.15, 0.2) is 6.29 Å². The number of hydrogen-bond donors (Lipinski definition) is 0. The molecule has 1 heterocycles. The van der Waals surface area contributed by atoms with Crippen LogP contribution in [-0.2, 0) is 0 Å². The van der Waals surface area contributed by atoms with E-state index < -0.39 is 0 Å². The van der Waals surface area contributed by atoms with Crippen LogP contribution < -0.4 is 4.90 Å². The van der Waals surface area contributed by atoms with Crippen LogP contribution in [0.25, 0.3) is 0 Å². The number of anilines is 1. The zero-order chi connectivity index (χ0) is 11.5. The molecule has 2 rings (SSSR count). The number of carbonyl (C=O) groups is 1. The Bertz CT molecular complexity index is 353. The van der Waals surface area contributed by atoms with E-state index >= 15 is 0 Å². The topological polar surface area (TPSA) is 20.3 Å². The average Bonchev–Trinajstić information content (AvgIpc) is 2.77. The molecular formula is C13H19NOS. The lowest BCUT2D eigenvalue weighted by molar-refractivity contribution is 0.112. The fourth-order valence-electron chi connectivity index (χ4n) is 2.40. The van der Waals surface area contributed by atoms with Gasteiger partial charge in [0.05, 0.1) is 9.88 Å². The summed E-state index contributed by atoms with van der Waals surface area (Å²) in [4.78, 5) is 13.8. The van der Waals surface area contributed by atoms with Gasteiger partial charge in [-0.2, -0.15) is 0 Å². The molecule has 0 unspecified atom stereocenters. The molecule has 0 atom stereocenters. The Kier molecular flexibility index (Phi) is 3.64. The summed E-state index contributed by atoms with van der Waals surface area (Å²) in [6.45, 7) is 2.34. The molecule has 0 radical (unpaired) electrons. The van der Waals surface area contributed by atoms with Gasteiger partial charge in [0, 0.05) is 13.1 Å². The van der Waals surface area contributed by atoms with Crippen LogP contribution in [0.4, 0.5) is 5.00 Å². The van der Waals surface area contributed by atoms with E-state index in [1.165, 1.54) is 30.7 Å². The highest BCUT2D eigenvalue weighted by Gasteiger charge is 2.22. The maximum atomic E-state index is 10.7. The van der Waals surface area contributed by atoms with Crippen LogP contribution in [0.5, 0.6) is 0 Å². The Balaban J connectivity index is 2.01. The summed E-state index contributed by atoms with van der Waals surface area (Å²) in [5.41, 5.74) is 0. The molecule has 1 aliphatic carbocycles. The average molecular weight is 237 g/mol. The van der Waals surface area contributed by atoms with Gasteiger partial charge in [-0.15, -0.1) is 11.3 Å². The third kappa shape index (κ3) is 2.46. The Labute approximate surface area is 101 Å². The molecule has 0 N–H and O–H groups in total. The quantitative estimate of drug-likeness (QED) is 0.749. The third-order valence-corrected chi connectivity index (χ3v) is 4.71. The summed E-state index contributed by atoms with van der Waals surface area (Å²) in [5, 5.41) is 1.22. The van der Waals surface area contributed by atoms with Crippen molar-refractivity contribution in [3.63, 3.8) is 0 Å². The molecule has 0 aromatic carbocycles. The first-order chi connectivity index (χ1) is 7.70. The lowest BCUT2D eigenvalue weighted by Gasteiger charge is -2.34. The van der Waals surface area contributed by atoms with E-state index in [4.69, 9.17) is 0 Å².